The summed E-state index contributed by atoms with van der Waals surface area (Å²) in [6.45, 7) is 15.5. The summed E-state index contributed by atoms with van der Waals surface area (Å²) in [5, 5.41) is 4.46. The summed E-state index contributed by atoms with van der Waals surface area (Å²) in [6.07, 6.45) is 2.82. The first-order valence-corrected chi connectivity index (χ1v) is 6.24. The van der Waals surface area contributed by atoms with Gasteiger partial charge in [-0.3, -0.25) is 4.89 Å². The normalized spacial score (nSPS) is 14.1. The molecule has 0 fully saturated rings. The molecule has 0 saturated heterocycles. The van der Waals surface area contributed by atoms with E-state index in [0.29, 0.717) is 6.42 Å². The fourth-order valence-electron chi connectivity index (χ4n) is 1.61. The third-order valence-corrected chi connectivity index (χ3v) is 2.34. The Morgan fingerprint density at radius 1 is 1.28 bits per heavy atom. The van der Waals surface area contributed by atoms with Crippen LogP contribution in [0.15, 0.2) is 12.7 Å². The molecule has 0 aliphatic heterocycles. The van der Waals surface area contributed by atoms with Crippen molar-refractivity contribution in [1.29, 1.82) is 0 Å². The van der Waals surface area contributed by atoms with Gasteiger partial charge in [0.25, 0.3) is 0 Å². The van der Waals surface area contributed by atoms with E-state index >= 15 is 0 Å². The summed E-state index contributed by atoms with van der Waals surface area (Å²) in [6, 6.07) is 0. The van der Waals surface area contributed by atoms with E-state index in [1.165, 1.54) is 0 Å². The molecular weight excluding hydrogens is 232 g/mol. The minimum Gasteiger partial charge on any atom is -0.269 e. The molecular formula is C14H26O4. The molecule has 0 aromatic heterocycles. The van der Waals surface area contributed by atoms with Crippen molar-refractivity contribution in [3.8, 4) is 0 Å². The van der Waals surface area contributed by atoms with E-state index in [9.17, 15) is 4.79 Å². The second-order valence-electron chi connectivity index (χ2n) is 6.49. The molecule has 106 valence electrons. The van der Waals surface area contributed by atoms with Crippen molar-refractivity contribution in [1.82, 2.24) is 0 Å². The summed E-state index contributed by atoms with van der Waals surface area (Å²) in [5.41, 5.74) is -0.487. The quantitative estimate of drug-likeness (QED) is 0.395. The Labute approximate surface area is 110 Å². The van der Waals surface area contributed by atoms with Crippen LogP contribution < -0.4 is 0 Å². The van der Waals surface area contributed by atoms with Gasteiger partial charge >= 0.3 is 5.97 Å². The molecule has 0 saturated carbocycles. The lowest BCUT2D eigenvalue weighted by molar-refractivity contribution is -0.510. The van der Waals surface area contributed by atoms with Crippen LogP contribution in [0.5, 0.6) is 0 Å². The number of rotatable bonds is 7. The zero-order chi connectivity index (χ0) is 14.4. The van der Waals surface area contributed by atoms with Crippen molar-refractivity contribution in [2.45, 2.75) is 60.0 Å². The van der Waals surface area contributed by atoms with Crippen molar-refractivity contribution < 1.29 is 19.6 Å². The molecule has 0 radical (unpaired) electrons. The number of hydrogen-bond donors (Lipinski definition) is 0. The Bertz CT molecular complexity index is 276. The van der Waals surface area contributed by atoms with Crippen molar-refractivity contribution in [3.63, 3.8) is 0 Å². The van der Waals surface area contributed by atoms with Gasteiger partial charge in [-0.2, -0.15) is 4.89 Å². The lowest BCUT2D eigenvalue weighted by Gasteiger charge is -2.22. The second kappa shape index (κ2) is 6.90. The number of carbonyl (C=O) groups excluding carboxylic acids is 1. The van der Waals surface area contributed by atoms with Crippen molar-refractivity contribution >= 4 is 5.97 Å². The van der Waals surface area contributed by atoms with Crippen LogP contribution >= 0.6 is 0 Å². The molecule has 0 aliphatic carbocycles. The molecule has 18 heavy (non-hydrogen) atoms. The van der Waals surface area contributed by atoms with Gasteiger partial charge in [-0.25, -0.2) is 4.79 Å². The summed E-state index contributed by atoms with van der Waals surface area (Å²) in [7, 11) is 0. The zero-order valence-electron chi connectivity index (χ0n) is 12.4. The Kier molecular flexibility index (Phi) is 6.57. The van der Waals surface area contributed by atoms with Crippen molar-refractivity contribution in [2.75, 3.05) is 0 Å². The first-order chi connectivity index (χ1) is 8.06. The Morgan fingerprint density at radius 3 is 2.28 bits per heavy atom. The molecule has 0 N–H and O–H groups in total. The monoisotopic (exact) mass is 258 g/mol. The summed E-state index contributed by atoms with van der Waals surface area (Å²) in [5.74, 6) is -0.180. The van der Waals surface area contributed by atoms with Gasteiger partial charge in [0.05, 0.1) is 6.42 Å². The number of carbonyl (C=O) groups is 1. The molecule has 4 nitrogen and oxygen atoms in total. The zero-order valence-corrected chi connectivity index (χ0v) is 12.4. The molecule has 0 bridgehead atoms. The third kappa shape index (κ3) is 9.19. The van der Waals surface area contributed by atoms with Crippen LogP contribution in [0.25, 0.3) is 0 Å². The van der Waals surface area contributed by atoms with E-state index in [1.54, 1.807) is 19.9 Å². The van der Waals surface area contributed by atoms with Gasteiger partial charge in [-0.1, -0.05) is 33.8 Å². The van der Waals surface area contributed by atoms with Crippen LogP contribution in [0.3, 0.4) is 0 Å². The second-order valence-corrected chi connectivity index (χ2v) is 6.49. The summed E-state index contributed by atoms with van der Waals surface area (Å²) in [4.78, 5) is 20.9. The first-order valence-electron chi connectivity index (χ1n) is 6.24. The van der Waals surface area contributed by atoms with E-state index in [-0.39, 0.29) is 11.3 Å². The fourth-order valence-corrected chi connectivity index (χ4v) is 1.61. The molecule has 0 aromatic rings. The molecule has 0 amide bonds. The molecule has 0 aliphatic rings. The van der Waals surface area contributed by atoms with Crippen molar-refractivity contribution in [3.05, 3.63) is 12.7 Å². The largest absolute Gasteiger partial charge is 0.345 e. The van der Waals surface area contributed by atoms with E-state index in [2.05, 4.69) is 37.3 Å². The highest BCUT2D eigenvalue weighted by Crippen LogP contribution is 2.26. The van der Waals surface area contributed by atoms with E-state index in [1.807, 2.05) is 6.92 Å². The summed E-state index contributed by atoms with van der Waals surface area (Å²) < 4.78 is 0. The first kappa shape index (κ1) is 17.1. The maximum atomic E-state index is 11.5. The molecule has 0 aromatic carbocycles. The summed E-state index contributed by atoms with van der Waals surface area (Å²) >= 11 is 0. The van der Waals surface area contributed by atoms with E-state index in [4.69, 9.17) is 4.89 Å². The van der Waals surface area contributed by atoms with Gasteiger partial charge in [0.1, 0.15) is 5.60 Å². The van der Waals surface area contributed by atoms with Gasteiger partial charge in [0, 0.05) is 0 Å². The lowest BCUT2D eigenvalue weighted by Crippen LogP contribution is -2.23. The Morgan fingerprint density at radius 2 is 1.83 bits per heavy atom. The SMILES string of the molecule is C=CC(C)(C)OOOC(=O)CC(C)CC(C)(C)C. The van der Waals surface area contributed by atoms with Crippen LogP contribution in [-0.4, -0.2) is 11.6 Å². The average molecular weight is 258 g/mol. The van der Waals surface area contributed by atoms with Gasteiger partial charge in [0.15, 0.2) is 0 Å². The number of hydrogen-bond acceptors (Lipinski definition) is 4. The molecule has 0 rings (SSSR count). The predicted octanol–water partition coefficient (Wildman–Crippen LogP) is 3.82. The van der Waals surface area contributed by atoms with Crippen LogP contribution in [-0.2, 0) is 19.6 Å². The minimum absolute atomic E-state index is 0.196. The highest BCUT2D eigenvalue weighted by Gasteiger charge is 2.20. The van der Waals surface area contributed by atoms with Crippen LogP contribution in [0.4, 0.5) is 0 Å². The van der Waals surface area contributed by atoms with Crippen LogP contribution in [0.2, 0.25) is 0 Å². The standard InChI is InChI=1S/C14H26O4/c1-8-14(6,7)17-18-16-12(15)9-11(2)10-13(3,4)5/h8,11H,1,9-10H2,2-7H3. The maximum Gasteiger partial charge on any atom is 0.345 e. The molecule has 1 unspecified atom stereocenters. The van der Waals surface area contributed by atoms with Crippen molar-refractivity contribution in [2.24, 2.45) is 11.3 Å². The topological polar surface area (TPSA) is 44.8 Å². The highest BCUT2D eigenvalue weighted by molar-refractivity contribution is 5.68. The van der Waals surface area contributed by atoms with Gasteiger partial charge < -0.3 is 0 Å². The van der Waals surface area contributed by atoms with Gasteiger partial charge in [0.2, 0.25) is 0 Å². The Hall–Kier alpha value is -0.870. The Balaban J connectivity index is 3.88. The molecule has 4 heteroatoms. The van der Waals surface area contributed by atoms with Crippen LogP contribution in [0.1, 0.15) is 54.4 Å². The highest BCUT2D eigenvalue weighted by atomic mass is 17.5. The lowest BCUT2D eigenvalue weighted by atomic mass is 9.84. The molecule has 0 spiro atoms. The van der Waals surface area contributed by atoms with E-state index < -0.39 is 11.6 Å². The maximum absolute atomic E-state index is 11.5. The smallest absolute Gasteiger partial charge is 0.269 e. The third-order valence-electron chi connectivity index (χ3n) is 2.34. The minimum atomic E-state index is -0.683. The van der Waals surface area contributed by atoms with Gasteiger partial charge in [-0.05, 0) is 36.6 Å². The average Bonchev–Trinajstić information content (AvgIpc) is 2.13. The van der Waals surface area contributed by atoms with Crippen LogP contribution in [0, 0.1) is 11.3 Å². The predicted molar refractivity (Wildman–Crippen MR) is 70.4 cm³/mol. The molecule has 0 heterocycles. The van der Waals surface area contributed by atoms with Gasteiger partial charge in [-0.15, -0.1) is 6.58 Å². The fraction of sp³-hybridized carbons (Fsp3) is 0.786. The van der Waals surface area contributed by atoms with E-state index in [0.717, 1.165) is 6.42 Å². The molecule has 1 atom stereocenters.